The Labute approximate surface area is 333 Å². The molecule has 0 atom stereocenters. The van der Waals surface area contributed by atoms with E-state index in [1.165, 1.54) is 21.5 Å². The van der Waals surface area contributed by atoms with Crippen molar-refractivity contribution >= 4 is 70.9 Å². The van der Waals surface area contributed by atoms with Gasteiger partial charge in [-0.3, -0.25) is 0 Å². The van der Waals surface area contributed by atoms with E-state index in [1.807, 2.05) is 18.2 Å². The Morgan fingerprint density at radius 2 is 1.16 bits per heavy atom. The van der Waals surface area contributed by atoms with Gasteiger partial charge in [-0.15, -0.1) is 0 Å². The summed E-state index contributed by atoms with van der Waals surface area (Å²) >= 11 is 0. The van der Waals surface area contributed by atoms with Crippen LogP contribution in [0, 0.1) is 0 Å². The Hall–Kier alpha value is -7.63. The van der Waals surface area contributed by atoms with Gasteiger partial charge in [0, 0.05) is 38.2 Å². The van der Waals surface area contributed by atoms with E-state index in [1.54, 1.807) is 0 Å². The molecule has 1 aliphatic rings. The number of allylic oxidation sites excluding steroid dienone is 4. The minimum Gasteiger partial charge on any atom is -0.454 e. The van der Waals surface area contributed by atoms with Crippen molar-refractivity contribution in [3.05, 3.63) is 188 Å². The predicted octanol–water partition coefficient (Wildman–Crippen LogP) is 13.9. The highest BCUT2D eigenvalue weighted by Crippen LogP contribution is 2.44. The Balaban J connectivity index is 1.06. The van der Waals surface area contributed by atoms with E-state index in [0.717, 1.165) is 90.1 Å². The normalized spacial score (nSPS) is 13.1. The number of hydrogen-bond donors (Lipinski definition) is 0. The topological polar surface area (TPSA) is 56.7 Å². The summed E-state index contributed by atoms with van der Waals surface area (Å²) in [6, 6.07) is 58.0. The maximum absolute atomic E-state index is 6.93. The summed E-state index contributed by atoms with van der Waals surface area (Å²) in [5.41, 5.74) is 10.2. The molecule has 3 aromatic heterocycles. The lowest BCUT2D eigenvalue weighted by Gasteiger charge is -2.14. The molecular formula is C53H34N4O. The van der Waals surface area contributed by atoms with Gasteiger partial charge in [0.2, 0.25) is 0 Å². The predicted molar refractivity (Wildman–Crippen MR) is 239 cm³/mol. The number of fused-ring (bicyclic) bond motifs is 8. The van der Waals surface area contributed by atoms with Gasteiger partial charge in [-0.05, 0) is 81.9 Å². The van der Waals surface area contributed by atoms with Gasteiger partial charge in [0.15, 0.2) is 23.1 Å². The molecule has 5 heteroatoms. The minimum absolute atomic E-state index is 0.655. The summed E-state index contributed by atoms with van der Waals surface area (Å²) in [7, 11) is 0. The van der Waals surface area contributed by atoms with Gasteiger partial charge in [-0.1, -0.05) is 146 Å². The smallest absolute Gasteiger partial charge is 0.164 e. The number of aromatic nitrogens is 4. The van der Waals surface area contributed by atoms with Crippen molar-refractivity contribution in [1.29, 1.82) is 0 Å². The molecule has 0 spiro atoms. The Morgan fingerprint density at radius 1 is 0.466 bits per heavy atom. The molecule has 0 saturated carbocycles. The summed E-state index contributed by atoms with van der Waals surface area (Å²) in [6.45, 7) is 0. The van der Waals surface area contributed by atoms with Crippen LogP contribution in [0.4, 0.5) is 0 Å². The minimum atomic E-state index is 0.655. The molecule has 8 aromatic carbocycles. The van der Waals surface area contributed by atoms with Crippen LogP contribution in [0.3, 0.4) is 0 Å². The lowest BCUT2D eigenvalue weighted by molar-refractivity contribution is 0.666. The molecule has 1 aliphatic carbocycles. The second-order valence-corrected chi connectivity index (χ2v) is 15.0. The van der Waals surface area contributed by atoms with Crippen LogP contribution in [0.25, 0.3) is 110 Å². The first-order chi connectivity index (χ1) is 28.8. The molecule has 0 unspecified atom stereocenters. The van der Waals surface area contributed by atoms with Crippen LogP contribution in [-0.4, -0.2) is 19.5 Å². The highest BCUT2D eigenvalue weighted by molar-refractivity contribution is 6.19. The molecule has 0 amide bonds. The first-order valence-electron chi connectivity index (χ1n) is 19.8. The van der Waals surface area contributed by atoms with E-state index in [-0.39, 0.29) is 0 Å². The number of rotatable bonds is 5. The molecule has 0 radical (unpaired) electrons. The van der Waals surface area contributed by atoms with Gasteiger partial charge < -0.3 is 8.98 Å². The fraction of sp³-hybridized carbons (Fsp3) is 0.0377. The summed E-state index contributed by atoms with van der Waals surface area (Å²) in [5.74, 6) is 2.01. The molecule has 0 N–H and O–H groups in total. The molecule has 58 heavy (non-hydrogen) atoms. The highest BCUT2D eigenvalue weighted by atomic mass is 16.3. The maximum atomic E-state index is 6.93. The van der Waals surface area contributed by atoms with Gasteiger partial charge in [0.1, 0.15) is 5.58 Å². The third-order valence-corrected chi connectivity index (χ3v) is 11.7. The van der Waals surface area contributed by atoms with E-state index in [4.69, 9.17) is 19.4 Å². The van der Waals surface area contributed by atoms with E-state index >= 15 is 0 Å². The largest absolute Gasteiger partial charge is 0.454 e. The van der Waals surface area contributed by atoms with Gasteiger partial charge >= 0.3 is 0 Å². The molecule has 5 nitrogen and oxygen atoms in total. The van der Waals surface area contributed by atoms with Gasteiger partial charge in [0.25, 0.3) is 0 Å². The lowest BCUT2D eigenvalue weighted by Crippen LogP contribution is -2.03. The zero-order chi connectivity index (χ0) is 38.2. The van der Waals surface area contributed by atoms with Crippen LogP contribution in [0.2, 0.25) is 0 Å². The van der Waals surface area contributed by atoms with Crippen molar-refractivity contribution in [2.24, 2.45) is 0 Å². The lowest BCUT2D eigenvalue weighted by atomic mass is 9.92. The number of hydrogen-bond acceptors (Lipinski definition) is 4. The van der Waals surface area contributed by atoms with Gasteiger partial charge in [-0.2, -0.15) is 0 Å². The van der Waals surface area contributed by atoms with E-state index in [2.05, 4.69) is 168 Å². The Kier molecular flexibility index (Phi) is 7.29. The molecule has 3 heterocycles. The molecule has 0 saturated heterocycles. The standard InChI is InChI=1S/C53H34N4O/c1-3-15-33(16-4-1)51-54-52(34-17-5-2-6-18-34)56-53(55-51)42-30-29-39(37-21-9-10-22-38(37)42)41-24-14-28-48-49(41)43-25-13-27-46(50(43)58-48)57-45-26-12-11-23-40(45)44-31-35-19-7-8-20-36(35)32-47(44)57/h1,3-5,7-32H,2,6H2. The molecule has 11 aromatic rings. The van der Waals surface area contributed by atoms with Crippen molar-refractivity contribution in [3.63, 3.8) is 0 Å². The average molecular weight is 743 g/mol. The third kappa shape index (κ3) is 5.07. The van der Waals surface area contributed by atoms with Crippen LogP contribution in [0.5, 0.6) is 0 Å². The van der Waals surface area contributed by atoms with Gasteiger partial charge in [0.05, 0.1) is 16.7 Å². The number of benzene rings is 8. The third-order valence-electron chi connectivity index (χ3n) is 11.7. The summed E-state index contributed by atoms with van der Waals surface area (Å²) < 4.78 is 9.30. The van der Waals surface area contributed by atoms with E-state index in [0.29, 0.717) is 17.5 Å². The zero-order valence-corrected chi connectivity index (χ0v) is 31.4. The van der Waals surface area contributed by atoms with Crippen LogP contribution < -0.4 is 0 Å². The van der Waals surface area contributed by atoms with Crippen LogP contribution in [0.1, 0.15) is 18.7 Å². The molecule has 0 fully saturated rings. The fourth-order valence-electron chi connectivity index (χ4n) is 9.00. The fourth-order valence-corrected chi connectivity index (χ4v) is 9.00. The molecule has 12 rings (SSSR count). The molecule has 0 bridgehead atoms. The van der Waals surface area contributed by atoms with Crippen molar-refractivity contribution in [2.75, 3.05) is 0 Å². The van der Waals surface area contributed by atoms with E-state index < -0.39 is 0 Å². The Bertz CT molecular complexity index is 3520. The summed E-state index contributed by atoms with van der Waals surface area (Å²) in [5, 5.41) is 9.24. The van der Waals surface area contributed by atoms with Crippen molar-refractivity contribution in [1.82, 2.24) is 19.5 Å². The van der Waals surface area contributed by atoms with Crippen molar-refractivity contribution in [2.45, 2.75) is 12.8 Å². The Morgan fingerprint density at radius 3 is 2.00 bits per heavy atom. The van der Waals surface area contributed by atoms with Crippen LogP contribution >= 0.6 is 0 Å². The maximum Gasteiger partial charge on any atom is 0.164 e. The summed E-state index contributed by atoms with van der Waals surface area (Å²) in [4.78, 5) is 15.2. The SMILES string of the molecule is C1=CC(c2nc(-c3ccccc3)nc(-c3ccc(-c4cccc5oc6c(-n7c8ccccc8c8cc9ccccc9cc87)cccc6c45)c4ccccc34)n2)=CCC1. The van der Waals surface area contributed by atoms with Crippen molar-refractivity contribution in [3.8, 4) is 39.6 Å². The second-order valence-electron chi connectivity index (χ2n) is 15.0. The quantitative estimate of drug-likeness (QED) is 0.176. The summed E-state index contributed by atoms with van der Waals surface area (Å²) in [6.07, 6.45) is 8.54. The highest BCUT2D eigenvalue weighted by Gasteiger charge is 2.22. The first kappa shape index (κ1) is 32.6. The molecular weight excluding hydrogens is 709 g/mol. The number of furan rings is 1. The second kappa shape index (κ2) is 13.0. The van der Waals surface area contributed by atoms with E-state index in [9.17, 15) is 0 Å². The number of nitrogens with zero attached hydrogens (tertiary/aromatic N) is 4. The average Bonchev–Trinajstić information content (AvgIpc) is 3.84. The van der Waals surface area contributed by atoms with Crippen LogP contribution in [-0.2, 0) is 0 Å². The molecule has 272 valence electrons. The van der Waals surface area contributed by atoms with Crippen molar-refractivity contribution < 1.29 is 4.42 Å². The van der Waals surface area contributed by atoms with Crippen LogP contribution in [0.15, 0.2) is 186 Å². The van der Waals surface area contributed by atoms with Gasteiger partial charge in [-0.25, -0.2) is 15.0 Å². The zero-order valence-electron chi connectivity index (χ0n) is 31.4. The monoisotopic (exact) mass is 742 g/mol. The molecule has 0 aliphatic heterocycles. The number of para-hydroxylation sites is 2. The first-order valence-corrected chi connectivity index (χ1v) is 19.8.